The zero-order valence-corrected chi connectivity index (χ0v) is 19.6. The molecule has 1 unspecified atom stereocenters. The number of piperazine rings is 1. The first-order chi connectivity index (χ1) is 16.6. The molecular formula is C24H26ClF3N4O3. The Morgan fingerprint density at radius 2 is 1.80 bits per heavy atom. The number of hydrogen-bond donors (Lipinski definition) is 2. The Hall–Kier alpha value is -2.98. The van der Waals surface area contributed by atoms with Crippen molar-refractivity contribution < 1.29 is 27.9 Å². The predicted molar refractivity (Wildman–Crippen MR) is 127 cm³/mol. The summed E-state index contributed by atoms with van der Waals surface area (Å²) in [5, 5.41) is 12.6. The molecule has 1 atom stereocenters. The van der Waals surface area contributed by atoms with E-state index in [9.17, 15) is 27.9 Å². The van der Waals surface area contributed by atoms with Crippen LogP contribution in [0.25, 0.3) is 0 Å². The summed E-state index contributed by atoms with van der Waals surface area (Å²) in [6, 6.07) is 10.4. The Balaban J connectivity index is 1.25. The lowest BCUT2D eigenvalue weighted by Gasteiger charge is -2.36. The van der Waals surface area contributed by atoms with Crippen molar-refractivity contribution in [1.82, 2.24) is 9.80 Å². The third kappa shape index (κ3) is 6.18. The second-order valence-corrected chi connectivity index (χ2v) is 9.22. The number of alkyl halides is 3. The van der Waals surface area contributed by atoms with Crippen LogP contribution in [-0.4, -0.2) is 72.5 Å². The molecule has 0 aliphatic carbocycles. The summed E-state index contributed by atoms with van der Waals surface area (Å²) in [6.07, 6.45) is -4.22. The molecule has 11 heteroatoms. The summed E-state index contributed by atoms with van der Waals surface area (Å²) in [5.41, 5.74) is -0.217. The molecule has 2 aromatic carbocycles. The Morgan fingerprint density at radius 1 is 1.06 bits per heavy atom. The van der Waals surface area contributed by atoms with Gasteiger partial charge in [-0.1, -0.05) is 17.7 Å². The minimum absolute atomic E-state index is 0.00911. The molecule has 2 fully saturated rings. The van der Waals surface area contributed by atoms with E-state index in [1.54, 1.807) is 0 Å². The number of rotatable bonds is 5. The molecular weight excluding hydrogens is 485 g/mol. The van der Waals surface area contributed by atoms with Gasteiger partial charge in [-0.3, -0.25) is 14.5 Å². The number of halogens is 4. The van der Waals surface area contributed by atoms with Crippen LogP contribution >= 0.6 is 11.6 Å². The van der Waals surface area contributed by atoms with E-state index in [4.69, 9.17) is 11.6 Å². The molecule has 35 heavy (non-hydrogen) atoms. The van der Waals surface area contributed by atoms with Gasteiger partial charge in [0.1, 0.15) is 5.75 Å². The number of nitrogens with one attached hydrogen (secondary N) is 1. The van der Waals surface area contributed by atoms with E-state index in [2.05, 4.69) is 10.2 Å². The molecule has 2 amide bonds. The van der Waals surface area contributed by atoms with Crippen LogP contribution in [0, 0.1) is 5.92 Å². The normalized spacial score (nSPS) is 19.1. The molecule has 188 valence electrons. The van der Waals surface area contributed by atoms with Gasteiger partial charge >= 0.3 is 6.18 Å². The third-order valence-corrected chi connectivity index (χ3v) is 6.61. The van der Waals surface area contributed by atoms with E-state index in [1.807, 2.05) is 34.1 Å². The smallest absolute Gasteiger partial charge is 0.420 e. The number of phenolic OH excluding ortho intramolecular Hbond substituents is 1. The van der Waals surface area contributed by atoms with E-state index < -0.39 is 29.3 Å². The molecule has 2 heterocycles. The van der Waals surface area contributed by atoms with Gasteiger partial charge in [-0.2, -0.15) is 13.2 Å². The fourth-order valence-electron chi connectivity index (χ4n) is 4.45. The number of anilines is 2. The van der Waals surface area contributed by atoms with Crippen LogP contribution in [0.2, 0.25) is 5.02 Å². The number of likely N-dealkylation sites (tertiary alicyclic amines) is 1. The average Bonchev–Trinajstić information content (AvgIpc) is 3.28. The zero-order chi connectivity index (χ0) is 25.2. The zero-order valence-electron chi connectivity index (χ0n) is 18.9. The standard InChI is InChI=1S/C24H26ClF3N4O3/c25-17-2-1-3-19(12-17)31-8-10-32(11-9-31)22(34)15-30-7-6-16(14-30)23(35)29-18-4-5-21(33)20(13-18)24(26,27)28/h1-5,12-13,16,33H,6-11,14-15H2,(H,29,35). The monoisotopic (exact) mass is 510 g/mol. The quantitative estimate of drug-likeness (QED) is 0.600. The summed E-state index contributed by atoms with van der Waals surface area (Å²) in [4.78, 5) is 31.3. The maximum atomic E-state index is 13.0. The van der Waals surface area contributed by atoms with Crippen LogP contribution in [0.3, 0.4) is 0 Å². The first kappa shape index (κ1) is 25.1. The number of benzene rings is 2. The topological polar surface area (TPSA) is 76.1 Å². The Bertz CT molecular complexity index is 1090. The van der Waals surface area contributed by atoms with Crippen molar-refractivity contribution in [2.24, 2.45) is 5.92 Å². The Kier molecular flexibility index (Phi) is 7.42. The number of hydrogen-bond acceptors (Lipinski definition) is 5. The lowest BCUT2D eigenvalue weighted by atomic mass is 10.1. The first-order valence-electron chi connectivity index (χ1n) is 11.3. The Morgan fingerprint density at radius 3 is 2.49 bits per heavy atom. The number of carbonyl (C=O) groups is 2. The molecule has 0 bridgehead atoms. The van der Waals surface area contributed by atoms with Crippen LogP contribution in [0.4, 0.5) is 24.5 Å². The largest absolute Gasteiger partial charge is 0.507 e. The minimum Gasteiger partial charge on any atom is -0.507 e. The predicted octanol–water partition coefficient (Wildman–Crippen LogP) is 3.67. The molecule has 4 rings (SSSR count). The van der Waals surface area contributed by atoms with Crippen molar-refractivity contribution >= 4 is 34.8 Å². The van der Waals surface area contributed by atoms with E-state index in [0.29, 0.717) is 56.8 Å². The number of phenols is 1. The van der Waals surface area contributed by atoms with E-state index in [0.717, 1.165) is 11.8 Å². The molecule has 2 aliphatic heterocycles. The van der Waals surface area contributed by atoms with Gasteiger partial charge in [0.05, 0.1) is 18.0 Å². The van der Waals surface area contributed by atoms with Gasteiger partial charge in [0.15, 0.2) is 0 Å². The van der Waals surface area contributed by atoms with Gasteiger partial charge in [-0.05, 0) is 49.4 Å². The molecule has 2 aromatic rings. The van der Waals surface area contributed by atoms with E-state index in [-0.39, 0.29) is 18.1 Å². The maximum Gasteiger partial charge on any atom is 0.420 e. The summed E-state index contributed by atoms with van der Waals surface area (Å²) in [5.74, 6) is -1.75. The van der Waals surface area contributed by atoms with Crippen molar-refractivity contribution in [3.63, 3.8) is 0 Å². The highest BCUT2D eigenvalue weighted by atomic mass is 35.5. The molecule has 7 nitrogen and oxygen atoms in total. The SMILES string of the molecule is O=C(Nc1ccc(O)c(C(F)(F)F)c1)C1CCN(CC(=O)N2CCN(c3cccc(Cl)c3)CC2)C1. The number of nitrogens with zero attached hydrogens (tertiary/aromatic N) is 3. The highest BCUT2D eigenvalue weighted by molar-refractivity contribution is 6.30. The summed E-state index contributed by atoms with van der Waals surface area (Å²) >= 11 is 6.07. The number of amides is 2. The van der Waals surface area contributed by atoms with Gasteiger partial charge in [-0.25, -0.2) is 0 Å². The van der Waals surface area contributed by atoms with Crippen LogP contribution in [0.5, 0.6) is 5.75 Å². The van der Waals surface area contributed by atoms with Gasteiger partial charge in [0.25, 0.3) is 0 Å². The van der Waals surface area contributed by atoms with E-state index >= 15 is 0 Å². The molecule has 0 aromatic heterocycles. The van der Waals surface area contributed by atoms with Crippen molar-refractivity contribution in [2.45, 2.75) is 12.6 Å². The highest BCUT2D eigenvalue weighted by Crippen LogP contribution is 2.37. The van der Waals surface area contributed by atoms with E-state index in [1.165, 1.54) is 6.07 Å². The minimum atomic E-state index is -4.73. The summed E-state index contributed by atoms with van der Waals surface area (Å²) in [7, 11) is 0. The summed E-state index contributed by atoms with van der Waals surface area (Å²) < 4.78 is 39.0. The van der Waals surface area contributed by atoms with Crippen LogP contribution in [-0.2, 0) is 15.8 Å². The Labute approximate surface area is 206 Å². The molecule has 2 saturated heterocycles. The fraction of sp³-hybridized carbons (Fsp3) is 0.417. The van der Waals surface area contributed by atoms with Crippen molar-refractivity contribution in [3.05, 3.63) is 53.1 Å². The van der Waals surface area contributed by atoms with Crippen molar-refractivity contribution in [1.29, 1.82) is 0 Å². The van der Waals surface area contributed by atoms with Gasteiger partial charge in [0, 0.05) is 49.1 Å². The average molecular weight is 511 g/mol. The number of carbonyl (C=O) groups excluding carboxylic acids is 2. The van der Waals surface area contributed by atoms with Crippen LogP contribution in [0.15, 0.2) is 42.5 Å². The van der Waals surface area contributed by atoms with Crippen LogP contribution in [0.1, 0.15) is 12.0 Å². The molecule has 0 saturated carbocycles. The van der Waals surface area contributed by atoms with Crippen molar-refractivity contribution in [3.8, 4) is 5.75 Å². The maximum absolute atomic E-state index is 13.0. The molecule has 0 radical (unpaired) electrons. The highest BCUT2D eigenvalue weighted by Gasteiger charge is 2.35. The van der Waals surface area contributed by atoms with Crippen molar-refractivity contribution in [2.75, 3.05) is 56.0 Å². The lowest BCUT2D eigenvalue weighted by molar-refractivity contribution is -0.138. The lowest BCUT2D eigenvalue weighted by Crippen LogP contribution is -2.51. The van der Waals surface area contributed by atoms with Gasteiger partial charge in [-0.15, -0.1) is 0 Å². The number of aromatic hydroxyl groups is 1. The second kappa shape index (κ2) is 10.3. The fourth-order valence-corrected chi connectivity index (χ4v) is 4.64. The summed E-state index contributed by atoms with van der Waals surface area (Å²) in [6.45, 7) is 3.67. The van der Waals surface area contributed by atoms with Crippen LogP contribution < -0.4 is 10.2 Å². The van der Waals surface area contributed by atoms with Gasteiger partial charge < -0.3 is 20.2 Å². The first-order valence-corrected chi connectivity index (χ1v) is 11.7. The third-order valence-electron chi connectivity index (χ3n) is 6.38. The molecule has 2 aliphatic rings. The molecule has 2 N–H and O–H groups in total. The molecule has 0 spiro atoms. The van der Waals surface area contributed by atoms with Gasteiger partial charge in [0.2, 0.25) is 11.8 Å². The second-order valence-electron chi connectivity index (χ2n) is 8.79.